The third-order valence-corrected chi connectivity index (χ3v) is 4.15. The molecule has 0 aliphatic heterocycles. The number of hydrogen-bond acceptors (Lipinski definition) is 2. The maximum absolute atomic E-state index is 11.7. The van der Waals surface area contributed by atoms with Crippen LogP contribution in [-0.4, -0.2) is 15.6 Å². The van der Waals surface area contributed by atoms with E-state index < -0.39 is 0 Å². The second kappa shape index (κ2) is 5.16. The maximum Gasteiger partial charge on any atom is 0.180 e. The number of hydrogen-bond donors (Lipinski definition) is 0. The Balaban J connectivity index is 1.96. The van der Waals surface area contributed by atoms with Gasteiger partial charge in [-0.25, -0.2) is 0 Å². The van der Waals surface area contributed by atoms with Crippen LogP contribution in [0.4, 0.5) is 0 Å². The first-order chi connectivity index (χ1) is 9.25. The number of nitrogens with zero attached hydrogens (tertiary/aromatic N) is 2. The van der Waals surface area contributed by atoms with E-state index in [1.807, 2.05) is 22.9 Å². The van der Waals surface area contributed by atoms with E-state index in [4.69, 9.17) is 0 Å². The van der Waals surface area contributed by atoms with Gasteiger partial charge in [-0.15, -0.1) is 0 Å². The van der Waals surface area contributed by atoms with Crippen LogP contribution in [0.1, 0.15) is 49.5 Å². The molecular formula is C16H20N2O. The summed E-state index contributed by atoms with van der Waals surface area (Å²) in [6.45, 7) is 2.55. The van der Waals surface area contributed by atoms with Gasteiger partial charge in [-0.2, -0.15) is 5.10 Å². The Morgan fingerprint density at radius 3 is 2.74 bits per heavy atom. The standard InChI is InChI=1S/C16H20N2O/c1-12(19)16-14-9-5-6-10-15(14)18(17-16)11-13-7-3-2-4-8-13/h5-6,9-10,13H,2-4,7-8,11H2,1H3. The lowest BCUT2D eigenvalue weighted by Crippen LogP contribution is -2.15. The molecule has 0 saturated heterocycles. The number of carbonyl (C=O) groups is 1. The first-order valence-electron chi connectivity index (χ1n) is 7.22. The number of benzene rings is 1. The van der Waals surface area contributed by atoms with Crippen molar-refractivity contribution in [2.45, 2.75) is 45.6 Å². The molecule has 0 radical (unpaired) electrons. The lowest BCUT2D eigenvalue weighted by molar-refractivity contribution is 0.101. The predicted molar refractivity (Wildman–Crippen MR) is 76.3 cm³/mol. The van der Waals surface area contributed by atoms with Crippen LogP contribution in [0.25, 0.3) is 10.9 Å². The van der Waals surface area contributed by atoms with Crippen molar-refractivity contribution in [2.75, 3.05) is 0 Å². The molecule has 1 aliphatic rings. The molecule has 0 bridgehead atoms. The Morgan fingerprint density at radius 2 is 2.00 bits per heavy atom. The summed E-state index contributed by atoms with van der Waals surface area (Å²) >= 11 is 0. The van der Waals surface area contributed by atoms with Crippen molar-refractivity contribution in [3.05, 3.63) is 30.0 Å². The van der Waals surface area contributed by atoms with Gasteiger partial charge in [0.25, 0.3) is 0 Å². The van der Waals surface area contributed by atoms with E-state index in [0.717, 1.165) is 23.4 Å². The number of aromatic nitrogens is 2. The number of carbonyl (C=O) groups excluding carboxylic acids is 1. The van der Waals surface area contributed by atoms with Crippen molar-refractivity contribution < 1.29 is 4.79 Å². The third kappa shape index (κ3) is 2.42. The maximum atomic E-state index is 11.7. The van der Waals surface area contributed by atoms with Crippen LogP contribution >= 0.6 is 0 Å². The molecule has 0 atom stereocenters. The summed E-state index contributed by atoms with van der Waals surface area (Å²) in [6, 6.07) is 8.06. The summed E-state index contributed by atoms with van der Waals surface area (Å²) in [5.74, 6) is 0.774. The van der Waals surface area contributed by atoms with Crippen molar-refractivity contribution in [2.24, 2.45) is 5.92 Å². The molecule has 1 saturated carbocycles. The smallest absolute Gasteiger partial charge is 0.180 e. The minimum Gasteiger partial charge on any atom is -0.293 e. The largest absolute Gasteiger partial charge is 0.293 e. The van der Waals surface area contributed by atoms with Crippen molar-refractivity contribution in [1.29, 1.82) is 0 Å². The van der Waals surface area contributed by atoms with Gasteiger partial charge >= 0.3 is 0 Å². The summed E-state index contributed by atoms with van der Waals surface area (Å²) in [5.41, 5.74) is 1.71. The molecule has 1 aliphatic carbocycles. The highest BCUT2D eigenvalue weighted by molar-refractivity contribution is 6.04. The SMILES string of the molecule is CC(=O)c1nn(CC2CCCCC2)c2ccccc12. The van der Waals surface area contributed by atoms with Gasteiger partial charge in [0.2, 0.25) is 0 Å². The van der Waals surface area contributed by atoms with Crippen LogP contribution in [0.2, 0.25) is 0 Å². The zero-order chi connectivity index (χ0) is 13.2. The highest BCUT2D eigenvalue weighted by Crippen LogP contribution is 2.27. The van der Waals surface area contributed by atoms with Gasteiger partial charge in [-0.05, 0) is 24.8 Å². The topological polar surface area (TPSA) is 34.9 Å². The number of fused-ring (bicyclic) bond motifs is 1. The van der Waals surface area contributed by atoms with E-state index in [-0.39, 0.29) is 5.78 Å². The molecule has 1 heterocycles. The summed E-state index contributed by atoms with van der Waals surface area (Å²) < 4.78 is 2.04. The van der Waals surface area contributed by atoms with Crippen LogP contribution in [0.5, 0.6) is 0 Å². The van der Waals surface area contributed by atoms with Crippen LogP contribution < -0.4 is 0 Å². The monoisotopic (exact) mass is 256 g/mol. The molecule has 1 aromatic heterocycles. The molecule has 100 valence electrons. The highest BCUT2D eigenvalue weighted by Gasteiger charge is 2.18. The lowest BCUT2D eigenvalue weighted by Gasteiger charge is -2.21. The lowest BCUT2D eigenvalue weighted by atomic mass is 9.89. The van der Waals surface area contributed by atoms with Crippen LogP contribution in [0, 0.1) is 5.92 Å². The average Bonchev–Trinajstić information content (AvgIpc) is 2.79. The Morgan fingerprint density at radius 1 is 1.26 bits per heavy atom. The first kappa shape index (κ1) is 12.4. The fraction of sp³-hybridized carbons (Fsp3) is 0.500. The molecule has 3 heteroatoms. The normalized spacial score (nSPS) is 16.9. The molecule has 3 nitrogen and oxygen atoms in total. The van der Waals surface area contributed by atoms with Crippen LogP contribution in [0.3, 0.4) is 0 Å². The second-order valence-electron chi connectivity index (χ2n) is 5.61. The van der Waals surface area contributed by atoms with Crippen LogP contribution in [-0.2, 0) is 6.54 Å². The fourth-order valence-corrected chi connectivity index (χ4v) is 3.14. The molecule has 19 heavy (non-hydrogen) atoms. The quantitative estimate of drug-likeness (QED) is 0.782. The summed E-state index contributed by atoms with van der Waals surface area (Å²) in [5, 5.41) is 5.54. The van der Waals surface area contributed by atoms with Crippen LogP contribution in [0.15, 0.2) is 24.3 Å². The molecule has 0 N–H and O–H groups in total. The Bertz CT molecular complexity index is 594. The molecule has 0 unspecified atom stereocenters. The van der Waals surface area contributed by atoms with E-state index in [1.54, 1.807) is 6.92 Å². The summed E-state index contributed by atoms with van der Waals surface area (Å²) in [6.07, 6.45) is 6.63. The van der Waals surface area contributed by atoms with E-state index in [0.29, 0.717) is 5.69 Å². The number of ketones is 1. The Hall–Kier alpha value is -1.64. The van der Waals surface area contributed by atoms with Gasteiger partial charge in [0.15, 0.2) is 5.78 Å². The van der Waals surface area contributed by atoms with Crippen molar-refractivity contribution in [3.63, 3.8) is 0 Å². The van der Waals surface area contributed by atoms with Gasteiger partial charge in [0.1, 0.15) is 5.69 Å². The Kier molecular flexibility index (Phi) is 3.36. The van der Waals surface area contributed by atoms with Gasteiger partial charge in [-0.3, -0.25) is 9.48 Å². The highest BCUT2D eigenvalue weighted by atomic mass is 16.1. The van der Waals surface area contributed by atoms with Gasteiger partial charge < -0.3 is 0 Å². The molecule has 0 spiro atoms. The first-order valence-corrected chi connectivity index (χ1v) is 7.22. The van der Waals surface area contributed by atoms with E-state index in [1.165, 1.54) is 32.1 Å². The number of Topliss-reactive ketones (excluding diaryl/α,β-unsaturated/α-hetero) is 1. The summed E-state index contributed by atoms with van der Waals surface area (Å²) in [4.78, 5) is 11.7. The van der Waals surface area contributed by atoms with E-state index in [2.05, 4.69) is 11.2 Å². The van der Waals surface area contributed by atoms with Crippen molar-refractivity contribution in [1.82, 2.24) is 9.78 Å². The third-order valence-electron chi connectivity index (χ3n) is 4.15. The molecule has 1 fully saturated rings. The van der Waals surface area contributed by atoms with Crippen molar-refractivity contribution in [3.8, 4) is 0 Å². The van der Waals surface area contributed by atoms with E-state index in [9.17, 15) is 4.79 Å². The number of rotatable bonds is 3. The zero-order valence-electron chi connectivity index (χ0n) is 11.4. The molecule has 0 amide bonds. The van der Waals surface area contributed by atoms with Gasteiger partial charge in [-0.1, -0.05) is 37.5 Å². The molecular weight excluding hydrogens is 236 g/mol. The molecule has 1 aromatic carbocycles. The zero-order valence-corrected chi connectivity index (χ0v) is 11.4. The van der Waals surface area contributed by atoms with E-state index >= 15 is 0 Å². The molecule has 2 aromatic rings. The Labute approximate surface area is 113 Å². The fourth-order valence-electron chi connectivity index (χ4n) is 3.14. The minimum atomic E-state index is 0.0543. The second-order valence-corrected chi connectivity index (χ2v) is 5.61. The number of para-hydroxylation sites is 1. The molecule has 3 rings (SSSR count). The van der Waals surface area contributed by atoms with Gasteiger partial charge in [0.05, 0.1) is 5.52 Å². The van der Waals surface area contributed by atoms with Crippen molar-refractivity contribution >= 4 is 16.7 Å². The average molecular weight is 256 g/mol. The van der Waals surface area contributed by atoms with Gasteiger partial charge in [0, 0.05) is 18.9 Å². The minimum absolute atomic E-state index is 0.0543. The summed E-state index contributed by atoms with van der Waals surface area (Å²) in [7, 11) is 0. The predicted octanol–water partition coefficient (Wildman–Crippen LogP) is 3.82.